The third-order valence-electron chi connectivity index (χ3n) is 3.67. The first-order valence-corrected chi connectivity index (χ1v) is 8.40. The number of aliphatic imine (C=N–C) groups is 1. The lowest BCUT2D eigenvalue weighted by Crippen LogP contribution is -2.40. The topological polar surface area (TPSA) is 65.5 Å². The largest absolute Gasteiger partial charge is 0.356 e. The summed E-state index contributed by atoms with van der Waals surface area (Å²) >= 11 is 3.37. The van der Waals surface area contributed by atoms with Gasteiger partial charge in [-0.3, -0.25) is 9.79 Å². The Morgan fingerprint density at radius 2 is 2.04 bits per heavy atom. The van der Waals surface area contributed by atoms with Gasteiger partial charge in [-0.05, 0) is 37.0 Å². The minimum Gasteiger partial charge on any atom is -0.356 e. The molecule has 128 valence electrons. The molecule has 1 saturated carbocycles. The molecule has 2 rings (SSSR count). The van der Waals surface area contributed by atoms with E-state index >= 15 is 0 Å². The van der Waals surface area contributed by atoms with E-state index in [1.807, 2.05) is 18.2 Å². The molecule has 2 unspecified atom stereocenters. The summed E-state index contributed by atoms with van der Waals surface area (Å²) < 4.78 is 0.908. The first-order valence-electron chi connectivity index (χ1n) is 7.61. The Bertz CT molecular complexity index is 553. The van der Waals surface area contributed by atoms with E-state index in [-0.39, 0.29) is 29.9 Å². The van der Waals surface area contributed by atoms with Crippen LogP contribution in [0.3, 0.4) is 0 Å². The standard InChI is InChI=1S/C16H23BrN4O.HI/c1-11-9-14(11)21-16(18-2)20-8-4-7-19-15(22)12-5-3-6-13(17)10-12;/h3,5-6,10-11,14H,4,7-9H2,1-2H3,(H,19,22)(H2,18,20,21);1H. The number of halogens is 2. The molecule has 3 N–H and O–H groups in total. The second kappa shape index (κ2) is 10.1. The number of rotatable bonds is 6. The van der Waals surface area contributed by atoms with E-state index in [1.54, 1.807) is 13.1 Å². The molecule has 0 spiro atoms. The molecule has 1 aliphatic rings. The monoisotopic (exact) mass is 494 g/mol. The second-order valence-electron chi connectivity index (χ2n) is 5.58. The Balaban J connectivity index is 0.00000264. The highest BCUT2D eigenvalue weighted by Gasteiger charge is 2.33. The van der Waals surface area contributed by atoms with Crippen molar-refractivity contribution in [3.8, 4) is 0 Å². The molecule has 0 saturated heterocycles. The summed E-state index contributed by atoms with van der Waals surface area (Å²) in [4.78, 5) is 16.1. The predicted octanol–water partition coefficient (Wildman–Crippen LogP) is 2.76. The van der Waals surface area contributed by atoms with Gasteiger partial charge in [-0.25, -0.2) is 0 Å². The van der Waals surface area contributed by atoms with E-state index in [4.69, 9.17) is 0 Å². The summed E-state index contributed by atoms with van der Waals surface area (Å²) in [6.07, 6.45) is 2.06. The Labute approximate surface area is 163 Å². The second-order valence-corrected chi connectivity index (χ2v) is 6.50. The number of hydrogen-bond donors (Lipinski definition) is 3. The van der Waals surface area contributed by atoms with E-state index in [0.717, 1.165) is 29.3 Å². The predicted molar refractivity (Wildman–Crippen MR) is 109 cm³/mol. The van der Waals surface area contributed by atoms with Gasteiger partial charge < -0.3 is 16.0 Å². The molecular weight excluding hydrogens is 471 g/mol. The lowest BCUT2D eigenvalue weighted by Gasteiger charge is -2.11. The summed E-state index contributed by atoms with van der Waals surface area (Å²) in [5.74, 6) is 1.53. The van der Waals surface area contributed by atoms with Crippen molar-refractivity contribution in [2.24, 2.45) is 10.9 Å². The first kappa shape index (κ1) is 20.2. The van der Waals surface area contributed by atoms with Crippen molar-refractivity contribution in [1.82, 2.24) is 16.0 Å². The number of guanidine groups is 1. The van der Waals surface area contributed by atoms with Gasteiger partial charge in [0.15, 0.2) is 5.96 Å². The minimum atomic E-state index is -0.0457. The highest BCUT2D eigenvalue weighted by molar-refractivity contribution is 14.0. The van der Waals surface area contributed by atoms with Crippen LogP contribution in [0, 0.1) is 5.92 Å². The van der Waals surface area contributed by atoms with Crippen molar-refractivity contribution in [2.75, 3.05) is 20.1 Å². The van der Waals surface area contributed by atoms with Crippen LogP contribution in [0.1, 0.15) is 30.1 Å². The van der Waals surface area contributed by atoms with Crippen LogP contribution in [0.4, 0.5) is 0 Å². The zero-order valence-corrected chi connectivity index (χ0v) is 17.4. The third-order valence-corrected chi connectivity index (χ3v) is 4.17. The van der Waals surface area contributed by atoms with Crippen molar-refractivity contribution >= 4 is 51.8 Å². The molecule has 5 nitrogen and oxygen atoms in total. The average molecular weight is 495 g/mol. The molecule has 7 heteroatoms. The number of amides is 1. The van der Waals surface area contributed by atoms with Gasteiger partial charge in [0.25, 0.3) is 5.91 Å². The lowest BCUT2D eigenvalue weighted by atomic mass is 10.2. The number of carbonyl (C=O) groups excluding carboxylic acids is 1. The number of benzene rings is 1. The molecule has 1 aliphatic carbocycles. The Kier molecular flexibility index (Phi) is 8.90. The summed E-state index contributed by atoms with van der Waals surface area (Å²) in [6.45, 7) is 3.64. The van der Waals surface area contributed by atoms with Crippen LogP contribution in [0.2, 0.25) is 0 Å². The average Bonchev–Trinajstić information content (AvgIpc) is 3.20. The smallest absolute Gasteiger partial charge is 0.251 e. The van der Waals surface area contributed by atoms with E-state index < -0.39 is 0 Å². The molecule has 23 heavy (non-hydrogen) atoms. The maximum Gasteiger partial charge on any atom is 0.251 e. The zero-order valence-electron chi connectivity index (χ0n) is 13.4. The molecule has 0 bridgehead atoms. The van der Waals surface area contributed by atoms with Crippen molar-refractivity contribution in [3.63, 3.8) is 0 Å². The van der Waals surface area contributed by atoms with Crippen LogP contribution >= 0.6 is 39.9 Å². The van der Waals surface area contributed by atoms with Gasteiger partial charge in [-0.1, -0.05) is 28.9 Å². The molecule has 1 fully saturated rings. The van der Waals surface area contributed by atoms with Gasteiger partial charge in [0.1, 0.15) is 0 Å². The Morgan fingerprint density at radius 1 is 1.35 bits per heavy atom. The molecule has 1 aromatic rings. The SMILES string of the molecule is CN=C(NCCCNC(=O)c1cccc(Br)c1)NC1CC1C.I. The van der Waals surface area contributed by atoms with Crippen molar-refractivity contribution in [3.05, 3.63) is 34.3 Å². The zero-order chi connectivity index (χ0) is 15.9. The van der Waals surface area contributed by atoms with Crippen LogP contribution in [0.5, 0.6) is 0 Å². The van der Waals surface area contributed by atoms with Crippen molar-refractivity contribution in [1.29, 1.82) is 0 Å². The van der Waals surface area contributed by atoms with E-state index in [2.05, 4.69) is 43.8 Å². The highest BCUT2D eigenvalue weighted by Crippen LogP contribution is 2.28. The molecule has 1 aromatic carbocycles. The van der Waals surface area contributed by atoms with Crippen LogP contribution in [0.25, 0.3) is 0 Å². The van der Waals surface area contributed by atoms with Crippen LogP contribution in [0.15, 0.2) is 33.7 Å². The first-order chi connectivity index (χ1) is 10.6. The Morgan fingerprint density at radius 3 is 2.65 bits per heavy atom. The van der Waals surface area contributed by atoms with Crippen LogP contribution in [-0.2, 0) is 0 Å². The van der Waals surface area contributed by atoms with Gasteiger partial charge in [-0.15, -0.1) is 24.0 Å². The number of hydrogen-bond acceptors (Lipinski definition) is 2. The molecule has 0 radical (unpaired) electrons. The normalized spacial score (nSPS) is 19.5. The molecule has 2 atom stereocenters. The molecule has 0 heterocycles. The van der Waals surface area contributed by atoms with Gasteiger partial charge in [0, 0.05) is 36.2 Å². The molecule has 0 aliphatic heterocycles. The van der Waals surface area contributed by atoms with E-state index in [9.17, 15) is 4.79 Å². The summed E-state index contributed by atoms with van der Waals surface area (Å²) in [5.41, 5.74) is 0.669. The van der Waals surface area contributed by atoms with Gasteiger partial charge >= 0.3 is 0 Å². The fourth-order valence-corrected chi connectivity index (χ4v) is 2.52. The fourth-order valence-electron chi connectivity index (χ4n) is 2.12. The van der Waals surface area contributed by atoms with Crippen LogP contribution in [-0.4, -0.2) is 38.0 Å². The maximum atomic E-state index is 12.0. The van der Waals surface area contributed by atoms with E-state index in [0.29, 0.717) is 18.2 Å². The summed E-state index contributed by atoms with van der Waals surface area (Å²) in [7, 11) is 1.78. The number of nitrogens with one attached hydrogen (secondary N) is 3. The maximum absolute atomic E-state index is 12.0. The van der Waals surface area contributed by atoms with E-state index in [1.165, 1.54) is 6.42 Å². The molecule has 1 amide bonds. The molecule has 0 aromatic heterocycles. The summed E-state index contributed by atoms with van der Waals surface area (Å²) in [6, 6.07) is 7.94. The van der Waals surface area contributed by atoms with Crippen LogP contribution < -0.4 is 16.0 Å². The highest BCUT2D eigenvalue weighted by atomic mass is 127. The van der Waals surface area contributed by atoms with Crippen molar-refractivity contribution in [2.45, 2.75) is 25.8 Å². The number of carbonyl (C=O) groups is 1. The number of nitrogens with zero attached hydrogens (tertiary/aromatic N) is 1. The summed E-state index contributed by atoms with van der Waals surface area (Å²) in [5, 5.41) is 9.55. The van der Waals surface area contributed by atoms with Gasteiger partial charge in [0.05, 0.1) is 0 Å². The van der Waals surface area contributed by atoms with Gasteiger partial charge in [0.2, 0.25) is 0 Å². The van der Waals surface area contributed by atoms with Crippen molar-refractivity contribution < 1.29 is 4.79 Å². The Hall–Kier alpha value is -0.830. The van der Waals surface area contributed by atoms with Gasteiger partial charge in [-0.2, -0.15) is 0 Å². The lowest BCUT2D eigenvalue weighted by molar-refractivity contribution is 0.0953. The fraction of sp³-hybridized carbons (Fsp3) is 0.500. The minimum absolute atomic E-state index is 0. The quantitative estimate of drug-likeness (QED) is 0.246. The molecular formula is C16H24BrIN4O. The third kappa shape index (κ3) is 7.07.